The van der Waals surface area contributed by atoms with E-state index in [-0.39, 0.29) is 49.2 Å². The zero-order valence-electron chi connectivity index (χ0n) is 28.1. The number of nitrogens with one attached hydrogen (secondary N) is 4. The number of ether oxygens (including phenoxy) is 1. The van der Waals surface area contributed by atoms with Gasteiger partial charge in [0, 0.05) is 31.7 Å². The van der Waals surface area contributed by atoms with Crippen molar-refractivity contribution in [3.8, 4) is 0 Å². The number of ketones is 1. The van der Waals surface area contributed by atoms with Gasteiger partial charge in [0.15, 0.2) is 0 Å². The molecule has 0 saturated heterocycles. The SMILES string of the molecule is CCNC(=O)C(=O)CCC(NC(=O)c1cncn1C)C(=O)Nc1cccn(CC(=O)NC23CC(C)CC(C2)CC(C)(C(=O)OC)C3)c1=O. The molecule has 2 aliphatic carbocycles. The smallest absolute Gasteiger partial charge is 0.311 e. The van der Waals surface area contributed by atoms with Crippen molar-refractivity contribution < 1.29 is 33.5 Å². The maximum Gasteiger partial charge on any atom is 0.311 e. The van der Waals surface area contributed by atoms with Crippen molar-refractivity contribution in [3.05, 3.63) is 46.9 Å². The van der Waals surface area contributed by atoms with E-state index in [1.807, 2.05) is 6.92 Å². The number of methoxy groups -OCH3 is 1. The molecule has 4 rings (SSSR count). The van der Waals surface area contributed by atoms with Crippen molar-refractivity contribution in [2.45, 2.75) is 83.8 Å². The van der Waals surface area contributed by atoms with Gasteiger partial charge in [-0.15, -0.1) is 0 Å². The Morgan fingerprint density at radius 1 is 1.15 bits per heavy atom. The van der Waals surface area contributed by atoms with Gasteiger partial charge in [-0.3, -0.25) is 33.6 Å². The second-order valence-electron chi connectivity index (χ2n) is 13.5. The van der Waals surface area contributed by atoms with Crippen molar-refractivity contribution in [1.82, 2.24) is 30.1 Å². The van der Waals surface area contributed by atoms with Crippen molar-refractivity contribution in [3.63, 3.8) is 0 Å². The Hall–Kier alpha value is -4.82. The van der Waals surface area contributed by atoms with E-state index in [0.717, 1.165) is 17.4 Å². The summed E-state index contributed by atoms with van der Waals surface area (Å²) in [6.07, 6.45) is 7.07. The van der Waals surface area contributed by atoms with Gasteiger partial charge in [-0.25, -0.2) is 4.98 Å². The molecule has 0 aliphatic heterocycles. The van der Waals surface area contributed by atoms with Gasteiger partial charge in [-0.05, 0) is 76.3 Å². The van der Waals surface area contributed by atoms with Crippen LogP contribution in [0.25, 0.3) is 0 Å². The molecule has 2 fully saturated rings. The predicted octanol–water partition coefficient (Wildman–Crippen LogP) is 1.07. The lowest BCUT2D eigenvalue weighted by molar-refractivity contribution is -0.159. The van der Waals surface area contributed by atoms with Gasteiger partial charge in [0.1, 0.15) is 24.0 Å². The highest BCUT2D eigenvalue weighted by atomic mass is 16.5. The lowest BCUT2D eigenvalue weighted by atomic mass is 9.56. The highest BCUT2D eigenvalue weighted by molar-refractivity contribution is 6.36. The van der Waals surface area contributed by atoms with E-state index >= 15 is 0 Å². The maximum absolute atomic E-state index is 13.4. The van der Waals surface area contributed by atoms with Crippen molar-refractivity contribution in [1.29, 1.82) is 0 Å². The molecule has 2 aromatic rings. The fraction of sp³-hybridized carbons (Fsp3) is 0.576. The summed E-state index contributed by atoms with van der Waals surface area (Å²) in [7, 11) is 2.96. The molecule has 2 aromatic heterocycles. The van der Waals surface area contributed by atoms with E-state index < -0.39 is 52.0 Å². The van der Waals surface area contributed by atoms with Crippen molar-refractivity contribution in [2.24, 2.45) is 24.3 Å². The van der Waals surface area contributed by atoms with Gasteiger partial charge >= 0.3 is 5.97 Å². The summed E-state index contributed by atoms with van der Waals surface area (Å²) in [4.78, 5) is 94.1. The minimum absolute atomic E-state index is 0.148. The number of anilines is 1. The first-order valence-electron chi connectivity index (χ1n) is 16.2. The monoisotopic (exact) mass is 667 g/mol. The molecule has 0 aromatic carbocycles. The Morgan fingerprint density at radius 2 is 1.90 bits per heavy atom. The first kappa shape index (κ1) is 36.0. The van der Waals surface area contributed by atoms with Crippen LogP contribution >= 0.6 is 0 Å². The second-order valence-corrected chi connectivity index (χ2v) is 13.5. The molecular formula is C33H45N7O8. The number of nitrogens with zero attached hydrogens (tertiary/aromatic N) is 3. The number of rotatable bonds is 13. The van der Waals surface area contributed by atoms with Crippen LogP contribution in [0.3, 0.4) is 0 Å². The molecule has 0 radical (unpaired) electrons. The van der Waals surface area contributed by atoms with Gasteiger partial charge in [0.05, 0.1) is 25.0 Å². The standard InChI is InChI=1S/C33H45N7O8/c1-6-35-29(45)25(41)10-9-22(36-28(44)24-16-34-19-39(24)4)27(43)37-23-8-7-11-40(30(23)46)17-26(42)38-33-13-20(2)12-21(15-33)14-32(3,18-33)31(47)48-5/h7-8,11,16,19-22H,6,9-10,12-15,17-18H2,1-5H3,(H,35,45)(H,36,44)(H,37,43)(H,38,42). The van der Waals surface area contributed by atoms with E-state index in [9.17, 15) is 33.6 Å². The largest absolute Gasteiger partial charge is 0.469 e. The van der Waals surface area contributed by atoms with E-state index in [2.05, 4.69) is 33.2 Å². The third-order valence-corrected chi connectivity index (χ3v) is 9.22. The zero-order chi connectivity index (χ0) is 35.2. The fourth-order valence-corrected chi connectivity index (χ4v) is 7.53. The van der Waals surface area contributed by atoms with Crippen LogP contribution < -0.4 is 26.8 Å². The summed E-state index contributed by atoms with van der Waals surface area (Å²) < 4.78 is 7.72. The fourth-order valence-electron chi connectivity index (χ4n) is 7.53. The number of aromatic nitrogens is 3. The molecule has 260 valence electrons. The maximum atomic E-state index is 13.4. The van der Waals surface area contributed by atoms with Crippen LogP contribution in [0.5, 0.6) is 0 Å². The second kappa shape index (κ2) is 14.9. The number of amides is 4. The number of carbonyl (C=O) groups is 6. The van der Waals surface area contributed by atoms with Crippen LogP contribution in [0.1, 0.15) is 76.2 Å². The number of esters is 1. The summed E-state index contributed by atoms with van der Waals surface area (Å²) in [6, 6.07) is 1.57. The molecular weight excluding hydrogens is 622 g/mol. The van der Waals surface area contributed by atoms with E-state index in [0.29, 0.717) is 25.2 Å². The van der Waals surface area contributed by atoms with Crippen LogP contribution in [0.15, 0.2) is 35.6 Å². The third-order valence-electron chi connectivity index (χ3n) is 9.22. The summed E-state index contributed by atoms with van der Waals surface area (Å²) >= 11 is 0. The van der Waals surface area contributed by atoms with Crippen LogP contribution in [0.2, 0.25) is 0 Å². The Bertz CT molecular complexity index is 1630. The van der Waals surface area contributed by atoms with Crippen LogP contribution in [-0.4, -0.2) is 74.7 Å². The van der Waals surface area contributed by atoms with Gasteiger partial charge in [0.2, 0.25) is 17.6 Å². The number of likely N-dealkylation sites (N-methyl/N-ethyl adjacent to an activating group) is 1. The van der Waals surface area contributed by atoms with Crippen molar-refractivity contribution >= 4 is 41.1 Å². The minimum Gasteiger partial charge on any atom is -0.469 e. The van der Waals surface area contributed by atoms with Crippen LogP contribution in [0.4, 0.5) is 5.69 Å². The summed E-state index contributed by atoms with van der Waals surface area (Å²) in [5.41, 5.74) is -2.02. The molecule has 2 aliphatic rings. The average molecular weight is 668 g/mol. The van der Waals surface area contributed by atoms with Gasteiger partial charge in [-0.1, -0.05) is 6.92 Å². The molecule has 5 unspecified atom stereocenters. The molecule has 15 nitrogen and oxygen atoms in total. The molecule has 4 amide bonds. The Balaban J connectivity index is 1.49. The molecule has 4 N–H and O–H groups in total. The van der Waals surface area contributed by atoms with Crippen LogP contribution in [-0.2, 0) is 42.3 Å². The van der Waals surface area contributed by atoms with Gasteiger partial charge in [-0.2, -0.15) is 0 Å². The highest BCUT2D eigenvalue weighted by Gasteiger charge is 2.53. The number of Topliss-reactive ketones (excluding diaryl/α,β-unsaturated/α-hetero) is 1. The van der Waals surface area contributed by atoms with E-state index in [1.165, 1.54) is 42.5 Å². The number of carbonyl (C=O) groups excluding carboxylic acids is 6. The lowest BCUT2D eigenvalue weighted by Crippen LogP contribution is -2.60. The normalized spacial score (nSPS) is 23.7. The zero-order valence-corrected chi connectivity index (χ0v) is 28.1. The Kier molecular flexibility index (Phi) is 11.2. The number of aryl methyl sites for hydroxylation is 1. The molecule has 2 saturated carbocycles. The lowest BCUT2D eigenvalue weighted by Gasteiger charge is -2.53. The average Bonchev–Trinajstić information content (AvgIpc) is 3.45. The minimum atomic E-state index is -1.29. The number of hydrogen-bond acceptors (Lipinski definition) is 9. The predicted molar refractivity (Wildman–Crippen MR) is 173 cm³/mol. The Morgan fingerprint density at radius 3 is 2.56 bits per heavy atom. The number of pyridine rings is 1. The molecule has 0 spiro atoms. The number of hydrogen-bond donors (Lipinski definition) is 4. The molecule has 2 bridgehead atoms. The quantitative estimate of drug-likeness (QED) is 0.178. The molecule has 5 atom stereocenters. The first-order valence-corrected chi connectivity index (χ1v) is 16.2. The topological polar surface area (TPSA) is 200 Å². The van der Waals surface area contributed by atoms with E-state index in [1.54, 1.807) is 14.0 Å². The summed E-state index contributed by atoms with van der Waals surface area (Å²) in [6.45, 7) is 5.58. The first-order chi connectivity index (χ1) is 22.7. The summed E-state index contributed by atoms with van der Waals surface area (Å²) in [5, 5.41) is 10.6. The van der Waals surface area contributed by atoms with E-state index in [4.69, 9.17) is 4.74 Å². The number of fused-ring (bicyclic) bond motifs is 2. The molecule has 48 heavy (non-hydrogen) atoms. The summed E-state index contributed by atoms with van der Waals surface area (Å²) in [5.74, 6) is -3.13. The van der Waals surface area contributed by atoms with Crippen molar-refractivity contribution in [2.75, 3.05) is 19.0 Å². The van der Waals surface area contributed by atoms with Gasteiger partial charge < -0.3 is 35.1 Å². The third kappa shape index (κ3) is 8.36. The molecule has 15 heteroatoms. The molecule has 2 heterocycles. The highest BCUT2D eigenvalue weighted by Crippen LogP contribution is 2.52. The number of imidazole rings is 1. The van der Waals surface area contributed by atoms with Crippen LogP contribution in [0, 0.1) is 17.3 Å². The Labute approximate surface area is 278 Å². The van der Waals surface area contributed by atoms with Gasteiger partial charge in [0.25, 0.3) is 17.4 Å².